The van der Waals surface area contributed by atoms with Crippen LogP contribution < -0.4 is 0 Å². The average molecular weight is 386 g/mol. The molecule has 7 rings (SSSR count). The summed E-state index contributed by atoms with van der Waals surface area (Å²) in [6, 6.07) is 12.7. The number of hydrogen-bond donors (Lipinski definition) is 2. The fourth-order valence-corrected chi connectivity index (χ4v) is 4.38. The van der Waals surface area contributed by atoms with E-state index in [2.05, 4.69) is 83.5 Å². The summed E-state index contributed by atoms with van der Waals surface area (Å²) in [6.45, 7) is 0. The van der Waals surface area contributed by atoms with Gasteiger partial charge in [-0.15, -0.1) is 0 Å². The van der Waals surface area contributed by atoms with Gasteiger partial charge in [0.15, 0.2) is 0 Å². The number of H-pyrrole nitrogens is 2. The number of aromatic amines is 2. The van der Waals surface area contributed by atoms with Crippen molar-refractivity contribution in [2.24, 2.45) is 0 Å². The van der Waals surface area contributed by atoms with Crippen molar-refractivity contribution < 1.29 is 0 Å². The van der Waals surface area contributed by atoms with E-state index in [-0.39, 0.29) is 0 Å². The summed E-state index contributed by atoms with van der Waals surface area (Å²) in [5.74, 6) is 0.698. The van der Waals surface area contributed by atoms with Crippen molar-refractivity contribution in [3.63, 3.8) is 0 Å². The van der Waals surface area contributed by atoms with Crippen LogP contribution in [-0.4, -0.2) is 19.9 Å². The molecule has 30 heavy (non-hydrogen) atoms. The van der Waals surface area contributed by atoms with Crippen molar-refractivity contribution in [1.29, 1.82) is 0 Å². The zero-order chi connectivity index (χ0) is 19.7. The van der Waals surface area contributed by atoms with E-state index in [0.717, 1.165) is 57.7 Å². The van der Waals surface area contributed by atoms with Crippen LogP contribution in [-0.2, 0) is 0 Å². The molecule has 2 fully saturated rings. The van der Waals surface area contributed by atoms with Crippen LogP contribution in [0.15, 0.2) is 36.4 Å². The van der Waals surface area contributed by atoms with Crippen LogP contribution >= 0.6 is 0 Å². The monoisotopic (exact) mass is 386 g/mol. The van der Waals surface area contributed by atoms with Gasteiger partial charge in [0, 0.05) is 33.2 Å². The number of aromatic nitrogens is 4. The number of nitrogens with one attached hydrogen (secondary N) is 2. The Hall–Kier alpha value is -3.40. The molecule has 2 saturated carbocycles. The molecule has 2 aliphatic heterocycles. The summed E-state index contributed by atoms with van der Waals surface area (Å²) in [5, 5.41) is 0. The van der Waals surface area contributed by atoms with E-state index in [0.29, 0.717) is 11.8 Å². The normalized spacial score (nSPS) is 17.6. The van der Waals surface area contributed by atoms with Crippen molar-refractivity contribution in [3.05, 3.63) is 83.1 Å². The maximum Gasteiger partial charge on any atom is 0.0693 e. The second kappa shape index (κ2) is 6.05. The van der Waals surface area contributed by atoms with Crippen molar-refractivity contribution in [1.82, 2.24) is 19.9 Å². The largest absolute Gasteiger partial charge is 0.355 e. The molecule has 4 radical (unpaired) electrons. The lowest BCUT2D eigenvalue weighted by molar-refractivity contribution is 1.13. The third-order valence-corrected chi connectivity index (χ3v) is 5.99. The van der Waals surface area contributed by atoms with Crippen molar-refractivity contribution in [2.75, 3.05) is 0 Å². The molecule has 3 aromatic heterocycles. The van der Waals surface area contributed by atoms with Crippen molar-refractivity contribution >= 4 is 46.4 Å². The van der Waals surface area contributed by atoms with Gasteiger partial charge in [-0.25, -0.2) is 9.97 Å². The third-order valence-electron chi connectivity index (χ3n) is 5.99. The van der Waals surface area contributed by atoms with Gasteiger partial charge >= 0.3 is 0 Å². The molecule has 4 aliphatic rings. The molecule has 0 saturated heterocycles. The van der Waals surface area contributed by atoms with Gasteiger partial charge in [0.1, 0.15) is 0 Å². The zero-order valence-electron chi connectivity index (χ0n) is 16.2. The molecule has 5 heterocycles. The molecule has 4 nitrogen and oxygen atoms in total. The van der Waals surface area contributed by atoms with Crippen molar-refractivity contribution in [3.8, 4) is 0 Å². The smallest absolute Gasteiger partial charge is 0.0693 e. The number of fused-ring (bicyclic) bond motifs is 8. The highest BCUT2D eigenvalue weighted by Crippen LogP contribution is 2.43. The molecule has 3 aromatic rings. The summed E-state index contributed by atoms with van der Waals surface area (Å²) >= 11 is 0. The van der Waals surface area contributed by atoms with Crippen LogP contribution in [0.2, 0.25) is 0 Å². The zero-order valence-corrected chi connectivity index (χ0v) is 16.2. The molecular formula is C26H18N4. The Kier molecular flexibility index (Phi) is 3.31. The fraction of sp³-hybridized carbons (Fsp3) is 0.154. The molecule has 0 amide bonds. The first-order valence-electron chi connectivity index (χ1n) is 10.4. The summed E-state index contributed by atoms with van der Waals surface area (Å²) in [4.78, 5) is 17.0. The van der Waals surface area contributed by atoms with Gasteiger partial charge in [-0.2, -0.15) is 0 Å². The summed E-state index contributed by atoms with van der Waals surface area (Å²) < 4.78 is 0. The van der Waals surface area contributed by atoms with E-state index in [4.69, 9.17) is 9.97 Å². The number of hydrogen-bond acceptors (Lipinski definition) is 2. The molecule has 2 atom stereocenters. The summed E-state index contributed by atoms with van der Waals surface area (Å²) in [6.07, 6.45) is 17.2. The van der Waals surface area contributed by atoms with E-state index >= 15 is 0 Å². The Morgan fingerprint density at radius 1 is 0.667 bits per heavy atom. The van der Waals surface area contributed by atoms with Gasteiger partial charge in [0.2, 0.25) is 0 Å². The lowest BCUT2D eigenvalue weighted by Crippen LogP contribution is -1.88. The summed E-state index contributed by atoms with van der Waals surface area (Å²) in [7, 11) is 0. The van der Waals surface area contributed by atoms with E-state index in [1.165, 1.54) is 11.1 Å². The first-order chi connectivity index (χ1) is 14.8. The molecule has 2 N–H and O–H groups in total. The fourth-order valence-electron chi connectivity index (χ4n) is 4.38. The average Bonchev–Trinajstić information content (AvgIpc) is 3.51. The highest BCUT2D eigenvalue weighted by molar-refractivity contribution is 5.81. The van der Waals surface area contributed by atoms with Crippen LogP contribution in [0.1, 0.15) is 58.6 Å². The van der Waals surface area contributed by atoms with Crippen molar-refractivity contribution in [2.45, 2.75) is 24.7 Å². The lowest BCUT2D eigenvalue weighted by Gasteiger charge is -1.99. The first kappa shape index (κ1) is 16.4. The second-order valence-corrected chi connectivity index (χ2v) is 8.20. The molecule has 4 heteroatoms. The van der Waals surface area contributed by atoms with Crippen LogP contribution in [0.25, 0.3) is 46.4 Å². The van der Waals surface area contributed by atoms with Gasteiger partial charge in [-0.1, -0.05) is 0 Å². The Bertz CT molecular complexity index is 1300. The Labute approximate surface area is 174 Å². The second-order valence-electron chi connectivity index (χ2n) is 8.20. The minimum absolute atomic E-state index is 0.349. The first-order valence-corrected chi connectivity index (χ1v) is 10.4. The topological polar surface area (TPSA) is 57.4 Å². The highest BCUT2D eigenvalue weighted by atomic mass is 14.8. The highest BCUT2D eigenvalue weighted by Gasteiger charge is 2.30. The minimum Gasteiger partial charge on any atom is -0.355 e. The van der Waals surface area contributed by atoms with E-state index < -0.39 is 0 Å². The standard InChI is InChI=1S/C26H18N4/c1-2-15(1)25-21-9-5-17(27-21)13-19-7-11-23(29-19)26(16-3-4-16)24-12-8-20(30-24)14-18-6-10-22(25)28-18/h5-16,27,30H,1,3H2. The summed E-state index contributed by atoms with van der Waals surface area (Å²) in [5.41, 5.74) is 10.7. The molecule has 2 aliphatic carbocycles. The third kappa shape index (κ3) is 2.75. The molecule has 0 aromatic carbocycles. The van der Waals surface area contributed by atoms with Gasteiger partial charge in [-0.3, -0.25) is 0 Å². The quantitative estimate of drug-likeness (QED) is 0.403. The molecular weight excluding hydrogens is 368 g/mol. The van der Waals surface area contributed by atoms with Crippen LogP contribution in [0, 0.1) is 12.8 Å². The van der Waals surface area contributed by atoms with E-state index in [9.17, 15) is 0 Å². The van der Waals surface area contributed by atoms with E-state index in [1.807, 2.05) is 0 Å². The van der Waals surface area contributed by atoms with Crippen LogP contribution in [0.4, 0.5) is 0 Å². The lowest BCUT2D eigenvalue weighted by atomic mass is 10.1. The maximum atomic E-state index is 4.91. The van der Waals surface area contributed by atoms with E-state index in [1.54, 1.807) is 0 Å². The molecule has 8 bridgehead atoms. The Morgan fingerprint density at radius 2 is 1.13 bits per heavy atom. The SMILES string of the molecule is [C]1CC1c1c2nc(cc3ccc([nH]3)c(C3[C]C3)c3nc(cc4ccc1[nH]4)C=C3)C=C2. The minimum atomic E-state index is 0.349. The molecule has 2 unspecified atom stereocenters. The Balaban J connectivity index is 1.58. The van der Waals surface area contributed by atoms with Crippen LogP contribution in [0.3, 0.4) is 0 Å². The molecule has 142 valence electrons. The van der Waals surface area contributed by atoms with Gasteiger partial charge in [0.05, 0.1) is 22.8 Å². The molecule has 0 spiro atoms. The predicted molar refractivity (Wildman–Crippen MR) is 120 cm³/mol. The van der Waals surface area contributed by atoms with Gasteiger partial charge in [-0.05, 0) is 98.2 Å². The van der Waals surface area contributed by atoms with Gasteiger partial charge in [0.25, 0.3) is 0 Å². The van der Waals surface area contributed by atoms with Crippen LogP contribution in [0.5, 0.6) is 0 Å². The number of nitrogens with zero attached hydrogens (tertiary/aromatic N) is 2. The Morgan fingerprint density at radius 3 is 1.57 bits per heavy atom. The maximum absolute atomic E-state index is 4.91. The number of rotatable bonds is 2. The predicted octanol–water partition coefficient (Wildman–Crippen LogP) is 5.79. The van der Waals surface area contributed by atoms with Gasteiger partial charge < -0.3 is 9.97 Å².